The molecule has 5 heteroatoms. The molecule has 20 heavy (non-hydrogen) atoms. The molecule has 0 amide bonds. The van der Waals surface area contributed by atoms with E-state index in [0.29, 0.717) is 5.15 Å². The standard InChI is InChI=1S/C15H18ClN3O/c1-9-7-13(20-3)10(2)6-12(9)15(19-17)11-4-5-14(16)18-8-11/h4-8,15,19H,17H2,1-3H3. The number of rotatable bonds is 4. The van der Waals surface area contributed by atoms with Gasteiger partial charge in [0.2, 0.25) is 0 Å². The van der Waals surface area contributed by atoms with Crippen LogP contribution < -0.4 is 16.0 Å². The molecule has 1 aromatic carbocycles. The largest absolute Gasteiger partial charge is 0.496 e. The van der Waals surface area contributed by atoms with Crippen molar-refractivity contribution < 1.29 is 4.74 Å². The predicted molar refractivity (Wildman–Crippen MR) is 80.9 cm³/mol. The van der Waals surface area contributed by atoms with Crippen molar-refractivity contribution in [2.45, 2.75) is 19.9 Å². The summed E-state index contributed by atoms with van der Waals surface area (Å²) in [4.78, 5) is 4.10. The monoisotopic (exact) mass is 291 g/mol. The molecule has 0 aliphatic heterocycles. The topological polar surface area (TPSA) is 60.2 Å². The van der Waals surface area contributed by atoms with Crippen molar-refractivity contribution in [3.05, 3.63) is 57.9 Å². The maximum absolute atomic E-state index is 5.82. The molecule has 2 aromatic rings. The first-order valence-electron chi connectivity index (χ1n) is 6.29. The number of nitrogens with two attached hydrogens (primary N) is 1. The van der Waals surface area contributed by atoms with Crippen LogP contribution in [0.3, 0.4) is 0 Å². The minimum atomic E-state index is -0.135. The summed E-state index contributed by atoms with van der Waals surface area (Å²) in [5.74, 6) is 6.59. The zero-order valence-electron chi connectivity index (χ0n) is 11.8. The number of aromatic nitrogens is 1. The third-order valence-electron chi connectivity index (χ3n) is 3.34. The molecule has 1 atom stereocenters. The summed E-state index contributed by atoms with van der Waals surface area (Å²) in [7, 11) is 1.67. The number of halogens is 1. The Bertz CT molecular complexity index is 599. The summed E-state index contributed by atoms with van der Waals surface area (Å²) in [5.41, 5.74) is 7.06. The normalized spacial score (nSPS) is 12.2. The Morgan fingerprint density at radius 3 is 2.55 bits per heavy atom. The van der Waals surface area contributed by atoms with Gasteiger partial charge in [-0.05, 0) is 48.2 Å². The number of methoxy groups -OCH3 is 1. The molecule has 0 bridgehead atoms. The lowest BCUT2D eigenvalue weighted by Crippen LogP contribution is -2.29. The molecule has 3 N–H and O–H groups in total. The zero-order valence-corrected chi connectivity index (χ0v) is 12.5. The van der Waals surface area contributed by atoms with Gasteiger partial charge < -0.3 is 4.74 Å². The first-order chi connectivity index (χ1) is 9.56. The lowest BCUT2D eigenvalue weighted by atomic mass is 9.94. The summed E-state index contributed by atoms with van der Waals surface area (Å²) < 4.78 is 5.33. The van der Waals surface area contributed by atoms with Gasteiger partial charge in [0.05, 0.1) is 13.2 Å². The van der Waals surface area contributed by atoms with E-state index in [1.54, 1.807) is 19.4 Å². The molecule has 1 heterocycles. The SMILES string of the molecule is COc1cc(C)c(C(NN)c2ccc(Cl)nc2)cc1C. The van der Waals surface area contributed by atoms with Gasteiger partial charge >= 0.3 is 0 Å². The van der Waals surface area contributed by atoms with Gasteiger partial charge in [0.15, 0.2) is 0 Å². The third-order valence-corrected chi connectivity index (χ3v) is 3.57. The van der Waals surface area contributed by atoms with Gasteiger partial charge in [-0.1, -0.05) is 23.7 Å². The fourth-order valence-corrected chi connectivity index (χ4v) is 2.38. The highest BCUT2D eigenvalue weighted by atomic mass is 35.5. The molecule has 1 aromatic heterocycles. The third kappa shape index (κ3) is 2.93. The maximum atomic E-state index is 5.82. The van der Waals surface area contributed by atoms with Crippen LogP contribution in [0.4, 0.5) is 0 Å². The molecule has 0 spiro atoms. The number of nitrogens with zero attached hydrogens (tertiary/aromatic N) is 1. The molecule has 0 saturated heterocycles. The number of hydrazine groups is 1. The minimum absolute atomic E-state index is 0.135. The van der Waals surface area contributed by atoms with Crippen molar-refractivity contribution in [1.82, 2.24) is 10.4 Å². The zero-order chi connectivity index (χ0) is 14.7. The Kier molecular flexibility index (Phi) is 4.60. The Hall–Kier alpha value is -1.62. The highest BCUT2D eigenvalue weighted by Crippen LogP contribution is 2.29. The number of hydrogen-bond donors (Lipinski definition) is 2. The van der Waals surface area contributed by atoms with Crippen LogP contribution in [0, 0.1) is 13.8 Å². The molecule has 4 nitrogen and oxygen atoms in total. The van der Waals surface area contributed by atoms with Crippen molar-refractivity contribution in [3.8, 4) is 5.75 Å². The molecule has 106 valence electrons. The second-order valence-corrected chi connectivity index (χ2v) is 5.08. The summed E-state index contributed by atoms with van der Waals surface area (Å²) in [5, 5.41) is 0.465. The fourth-order valence-electron chi connectivity index (χ4n) is 2.27. The lowest BCUT2D eigenvalue weighted by molar-refractivity contribution is 0.411. The van der Waals surface area contributed by atoms with Gasteiger partial charge in [-0.15, -0.1) is 0 Å². The van der Waals surface area contributed by atoms with Crippen LogP contribution in [0.15, 0.2) is 30.5 Å². The average Bonchev–Trinajstić information content (AvgIpc) is 2.45. The van der Waals surface area contributed by atoms with E-state index in [1.807, 2.05) is 26.0 Å². The smallest absolute Gasteiger partial charge is 0.129 e. The van der Waals surface area contributed by atoms with E-state index >= 15 is 0 Å². The van der Waals surface area contributed by atoms with E-state index in [0.717, 1.165) is 28.0 Å². The summed E-state index contributed by atoms with van der Waals surface area (Å²) in [6.45, 7) is 4.04. The van der Waals surface area contributed by atoms with E-state index in [4.69, 9.17) is 22.2 Å². The van der Waals surface area contributed by atoms with Gasteiger partial charge in [0, 0.05) is 6.20 Å². The number of nitrogens with one attached hydrogen (secondary N) is 1. The number of pyridine rings is 1. The van der Waals surface area contributed by atoms with Gasteiger partial charge in [0.25, 0.3) is 0 Å². The van der Waals surface area contributed by atoms with E-state index in [2.05, 4.69) is 16.5 Å². The summed E-state index contributed by atoms with van der Waals surface area (Å²) in [6.07, 6.45) is 1.73. The first-order valence-corrected chi connectivity index (χ1v) is 6.67. The van der Waals surface area contributed by atoms with Crippen molar-refractivity contribution >= 4 is 11.6 Å². The molecule has 0 fully saturated rings. The average molecular weight is 292 g/mol. The van der Waals surface area contributed by atoms with Crippen LogP contribution in [0.5, 0.6) is 5.75 Å². The Balaban J connectivity index is 2.46. The fraction of sp³-hybridized carbons (Fsp3) is 0.267. The van der Waals surface area contributed by atoms with Gasteiger partial charge in [-0.2, -0.15) is 0 Å². The predicted octanol–water partition coefficient (Wildman–Crippen LogP) is 2.91. The molecular formula is C15H18ClN3O. The minimum Gasteiger partial charge on any atom is -0.496 e. The van der Waals surface area contributed by atoms with Crippen molar-refractivity contribution in [1.29, 1.82) is 0 Å². The molecule has 0 radical (unpaired) electrons. The summed E-state index contributed by atoms with van der Waals surface area (Å²) >= 11 is 5.82. The molecule has 1 unspecified atom stereocenters. The molecule has 0 saturated carbocycles. The maximum Gasteiger partial charge on any atom is 0.129 e. The van der Waals surface area contributed by atoms with Crippen LogP contribution in [0.25, 0.3) is 0 Å². The first kappa shape index (κ1) is 14.8. The van der Waals surface area contributed by atoms with Crippen molar-refractivity contribution in [2.24, 2.45) is 5.84 Å². The highest BCUT2D eigenvalue weighted by Gasteiger charge is 2.17. The quantitative estimate of drug-likeness (QED) is 0.516. The van der Waals surface area contributed by atoms with Crippen LogP contribution in [-0.4, -0.2) is 12.1 Å². The number of hydrogen-bond acceptors (Lipinski definition) is 4. The van der Waals surface area contributed by atoms with E-state index in [9.17, 15) is 0 Å². The van der Waals surface area contributed by atoms with E-state index in [-0.39, 0.29) is 6.04 Å². The van der Waals surface area contributed by atoms with Crippen LogP contribution in [0.1, 0.15) is 28.3 Å². The molecule has 2 rings (SSSR count). The molecule has 0 aliphatic carbocycles. The van der Waals surface area contributed by atoms with Crippen molar-refractivity contribution in [2.75, 3.05) is 7.11 Å². The lowest BCUT2D eigenvalue weighted by Gasteiger charge is -2.20. The van der Waals surface area contributed by atoms with Gasteiger partial charge in [-0.3, -0.25) is 5.84 Å². The number of benzene rings is 1. The number of aryl methyl sites for hydroxylation is 2. The van der Waals surface area contributed by atoms with Gasteiger partial charge in [0.1, 0.15) is 10.9 Å². The van der Waals surface area contributed by atoms with E-state index < -0.39 is 0 Å². The number of ether oxygens (including phenoxy) is 1. The van der Waals surface area contributed by atoms with Crippen LogP contribution >= 0.6 is 11.6 Å². The Morgan fingerprint density at radius 2 is 2.00 bits per heavy atom. The summed E-state index contributed by atoms with van der Waals surface area (Å²) in [6, 6.07) is 7.63. The second kappa shape index (κ2) is 6.22. The van der Waals surface area contributed by atoms with Crippen LogP contribution in [-0.2, 0) is 0 Å². The Morgan fingerprint density at radius 1 is 1.25 bits per heavy atom. The van der Waals surface area contributed by atoms with E-state index in [1.165, 1.54) is 0 Å². The Labute approximate surface area is 123 Å². The van der Waals surface area contributed by atoms with Crippen molar-refractivity contribution in [3.63, 3.8) is 0 Å². The van der Waals surface area contributed by atoms with Gasteiger partial charge in [-0.25, -0.2) is 10.4 Å². The molecule has 0 aliphatic rings. The van der Waals surface area contributed by atoms with Crippen LogP contribution in [0.2, 0.25) is 5.15 Å². The molecular weight excluding hydrogens is 274 g/mol. The second-order valence-electron chi connectivity index (χ2n) is 4.69. The highest BCUT2D eigenvalue weighted by molar-refractivity contribution is 6.29.